The van der Waals surface area contributed by atoms with Crippen LogP contribution in [0.25, 0.3) is 0 Å². The predicted octanol–water partition coefficient (Wildman–Crippen LogP) is 1.97. The second kappa shape index (κ2) is 6.37. The first-order valence-corrected chi connectivity index (χ1v) is 7.25. The van der Waals surface area contributed by atoms with Crippen LogP contribution in [-0.2, 0) is 9.53 Å². The molecule has 1 saturated heterocycles. The van der Waals surface area contributed by atoms with E-state index in [-0.39, 0.29) is 12.0 Å². The Kier molecular flexibility index (Phi) is 4.78. The number of hydrogen-bond donors (Lipinski definition) is 1. The number of hydrogen-bond acceptors (Lipinski definition) is 3. The maximum atomic E-state index is 12.6. The normalized spacial score (nSPS) is 19.9. The minimum atomic E-state index is -0.521. The van der Waals surface area contributed by atoms with Crippen molar-refractivity contribution in [3.05, 3.63) is 35.9 Å². The molecule has 1 heterocycles. The van der Waals surface area contributed by atoms with Gasteiger partial charge in [-0.05, 0) is 26.0 Å². The predicted molar refractivity (Wildman–Crippen MR) is 79.5 cm³/mol. The van der Waals surface area contributed by atoms with Gasteiger partial charge >= 0.3 is 0 Å². The molecule has 110 valence electrons. The van der Waals surface area contributed by atoms with Crippen molar-refractivity contribution in [2.75, 3.05) is 26.2 Å². The SMILES string of the molecule is CCNC(C)(C)C(=O)N1CCOC(c2ccccc2)C1. The zero-order valence-electron chi connectivity index (χ0n) is 12.6. The summed E-state index contributed by atoms with van der Waals surface area (Å²) in [4.78, 5) is 14.5. The molecule has 1 fully saturated rings. The molecule has 1 N–H and O–H groups in total. The fourth-order valence-corrected chi connectivity index (χ4v) is 2.62. The summed E-state index contributed by atoms with van der Waals surface area (Å²) in [5, 5.41) is 3.24. The number of carbonyl (C=O) groups excluding carboxylic acids is 1. The highest BCUT2D eigenvalue weighted by Gasteiger charge is 2.34. The molecule has 0 saturated carbocycles. The number of amides is 1. The number of rotatable bonds is 4. The summed E-state index contributed by atoms with van der Waals surface area (Å²) in [6, 6.07) is 10.1. The Labute approximate surface area is 121 Å². The molecule has 0 radical (unpaired) electrons. The topological polar surface area (TPSA) is 41.6 Å². The smallest absolute Gasteiger partial charge is 0.242 e. The van der Waals surface area contributed by atoms with Gasteiger partial charge in [-0.25, -0.2) is 0 Å². The monoisotopic (exact) mass is 276 g/mol. The van der Waals surface area contributed by atoms with Gasteiger partial charge in [-0.2, -0.15) is 0 Å². The van der Waals surface area contributed by atoms with Gasteiger partial charge in [-0.1, -0.05) is 37.3 Å². The largest absolute Gasteiger partial charge is 0.370 e. The van der Waals surface area contributed by atoms with Gasteiger partial charge in [-0.3, -0.25) is 4.79 Å². The lowest BCUT2D eigenvalue weighted by Crippen LogP contribution is -2.56. The van der Waals surface area contributed by atoms with Crippen molar-refractivity contribution in [1.82, 2.24) is 10.2 Å². The van der Waals surface area contributed by atoms with E-state index in [2.05, 4.69) is 5.32 Å². The van der Waals surface area contributed by atoms with Crippen LogP contribution in [-0.4, -0.2) is 42.6 Å². The van der Waals surface area contributed by atoms with Gasteiger partial charge in [0.15, 0.2) is 0 Å². The van der Waals surface area contributed by atoms with Crippen molar-refractivity contribution in [2.45, 2.75) is 32.4 Å². The van der Waals surface area contributed by atoms with Gasteiger partial charge in [0.05, 0.1) is 18.7 Å². The maximum Gasteiger partial charge on any atom is 0.242 e. The molecule has 1 aromatic rings. The van der Waals surface area contributed by atoms with Crippen molar-refractivity contribution in [2.24, 2.45) is 0 Å². The van der Waals surface area contributed by atoms with Gasteiger partial charge in [0.25, 0.3) is 0 Å². The quantitative estimate of drug-likeness (QED) is 0.914. The fraction of sp³-hybridized carbons (Fsp3) is 0.562. The van der Waals surface area contributed by atoms with E-state index < -0.39 is 5.54 Å². The minimum absolute atomic E-state index is 0.0219. The van der Waals surface area contributed by atoms with Crippen molar-refractivity contribution in [3.8, 4) is 0 Å². The third-order valence-electron chi connectivity index (χ3n) is 3.68. The fourth-order valence-electron chi connectivity index (χ4n) is 2.62. The number of nitrogens with one attached hydrogen (secondary N) is 1. The molecule has 1 aliphatic heterocycles. The summed E-state index contributed by atoms with van der Waals surface area (Å²) in [6.45, 7) is 8.55. The summed E-state index contributed by atoms with van der Waals surface area (Å²) < 4.78 is 5.80. The first kappa shape index (κ1) is 15.0. The molecule has 1 atom stereocenters. The summed E-state index contributed by atoms with van der Waals surface area (Å²) >= 11 is 0. The van der Waals surface area contributed by atoms with E-state index in [1.54, 1.807) is 0 Å². The van der Waals surface area contributed by atoms with E-state index in [9.17, 15) is 4.79 Å². The summed E-state index contributed by atoms with van der Waals surface area (Å²) in [5.74, 6) is 0.142. The van der Waals surface area contributed by atoms with E-state index in [1.807, 2.05) is 56.0 Å². The molecule has 20 heavy (non-hydrogen) atoms. The molecule has 1 aliphatic rings. The average molecular weight is 276 g/mol. The van der Waals surface area contributed by atoms with Crippen LogP contribution in [0.4, 0.5) is 0 Å². The lowest BCUT2D eigenvalue weighted by molar-refractivity contribution is -0.144. The maximum absolute atomic E-state index is 12.6. The van der Waals surface area contributed by atoms with E-state index >= 15 is 0 Å². The van der Waals surface area contributed by atoms with Crippen LogP contribution >= 0.6 is 0 Å². The summed E-state index contributed by atoms with van der Waals surface area (Å²) in [5.41, 5.74) is 0.610. The Morgan fingerprint density at radius 3 is 2.75 bits per heavy atom. The van der Waals surface area contributed by atoms with Crippen LogP contribution in [0.15, 0.2) is 30.3 Å². The molecular formula is C16H24N2O2. The highest BCUT2D eigenvalue weighted by molar-refractivity contribution is 5.85. The van der Waals surface area contributed by atoms with Gasteiger partial charge in [0.2, 0.25) is 5.91 Å². The van der Waals surface area contributed by atoms with E-state index in [1.165, 1.54) is 0 Å². The van der Waals surface area contributed by atoms with E-state index in [0.29, 0.717) is 19.7 Å². The number of carbonyl (C=O) groups is 1. The summed E-state index contributed by atoms with van der Waals surface area (Å²) in [6.07, 6.45) is -0.0219. The van der Waals surface area contributed by atoms with Crippen LogP contribution in [0.2, 0.25) is 0 Å². The molecule has 4 nitrogen and oxygen atoms in total. The van der Waals surface area contributed by atoms with Gasteiger partial charge in [0, 0.05) is 6.54 Å². The Balaban J connectivity index is 2.05. The van der Waals surface area contributed by atoms with Gasteiger partial charge in [-0.15, -0.1) is 0 Å². The first-order valence-electron chi connectivity index (χ1n) is 7.25. The zero-order chi connectivity index (χ0) is 14.6. The molecular weight excluding hydrogens is 252 g/mol. The molecule has 0 bridgehead atoms. The molecule has 0 aliphatic carbocycles. The number of nitrogens with zero attached hydrogens (tertiary/aromatic N) is 1. The van der Waals surface area contributed by atoms with Gasteiger partial charge in [0.1, 0.15) is 6.10 Å². The van der Waals surface area contributed by atoms with Crippen molar-refractivity contribution in [1.29, 1.82) is 0 Å². The Morgan fingerprint density at radius 1 is 1.40 bits per heavy atom. The first-order chi connectivity index (χ1) is 9.54. The third-order valence-corrected chi connectivity index (χ3v) is 3.68. The molecule has 0 spiro atoms. The molecule has 0 aromatic heterocycles. The van der Waals surface area contributed by atoms with E-state index in [0.717, 1.165) is 12.1 Å². The molecule has 1 unspecified atom stereocenters. The molecule has 1 amide bonds. The van der Waals surface area contributed by atoms with Crippen LogP contribution in [0, 0.1) is 0 Å². The molecule has 2 rings (SSSR count). The Morgan fingerprint density at radius 2 is 2.10 bits per heavy atom. The zero-order valence-corrected chi connectivity index (χ0v) is 12.6. The second-order valence-electron chi connectivity index (χ2n) is 5.68. The number of ether oxygens (including phenoxy) is 1. The second-order valence-corrected chi connectivity index (χ2v) is 5.68. The van der Waals surface area contributed by atoms with Crippen LogP contribution in [0.3, 0.4) is 0 Å². The lowest BCUT2D eigenvalue weighted by Gasteiger charge is -2.38. The highest BCUT2D eigenvalue weighted by Crippen LogP contribution is 2.23. The average Bonchev–Trinajstić information content (AvgIpc) is 2.47. The van der Waals surface area contributed by atoms with Crippen molar-refractivity contribution >= 4 is 5.91 Å². The summed E-state index contributed by atoms with van der Waals surface area (Å²) in [7, 11) is 0. The third kappa shape index (κ3) is 3.38. The highest BCUT2D eigenvalue weighted by atomic mass is 16.5. The molecule has 1 aromatic carbocycles. The number of benzene rings is 1. The van der Waals surface area contributed by atoms with Crippen molar-refractivity contribution < 1.29 is 9.53 Å². The number of morpholine rings is 1. The standard InChI is InChI=1S/C16H24N2O2/c1-4-17-16(2,3)15(19)18-10-11-20-14(12-18)13-8-6-5-7-9-13/h5-9,14,17H,4,10-12H2,1-3H3. The van der Waals surface area contributed by atoms with Crippen LogP contribution in [0.5, 0.6) is 0 Å². The number of likely N-dealkylation sites (N-methyl/N-ethyl adjacent to an activating group) is 1. The van der Waals surface area contributed by atoms with Crippen LogP contribution in [0.1, 0.15) is 32.4 Å². The lowest BCUT2D eigenvalue weighted by atomic mass is 10.0. The Hall–Kier alpha value is -1.39. The van der Waals surface area contributed by atoms with Gasteiger partial charge < -0.3 is 15.0 Å². The van der Waals surface area contributed by atoms with Crippen molar-refractivity contribution in [3.63, 3.8) is 0 Å². The minimum Gasteiger partial charge on any atom is -0.370 e. The Bertz CT molecular complexity index is 445. The van der Waals surface area contributed by atoms with E-state index in [4.69, 9.17) is 4.74 Å². The molecule has 4 heteroatoms. The van der Waals surface area contributed by atoms with Crippen LogP contribution < -0.4 is 5.32 Å².